The summed E-state index contributed by atoms with van der Waals surface area (Å²) in [7, 11) is 1.82. The van der Waals surface area contributed by atoms with Crippen molar-refractivity contribution in [1.29, 1.82) is 0 Å². The lowest BCUT2D eigenvalue weighted by Crippen LogP contribution is -2.51. The maximum atomic E-state index is 5.54. The van der Waals surface area contributed by atoms with Gasteiger partial charge in [0.15, 0.2) is 11.8 Å². The Balaban J connectivity index is 1.26. The van der Waals surface area contributed by atoms with E-state index in [1.807, 2.05) is 25.2 Å². The molecule has 0 spiro atoms. The maximum Gasteiger partial charge on any atom is 0.276 e. The van der Waals surface area contributed by atoms with Gasteiger partial charge in [-0.3, -0.25) is 14.9 Å². The number of hydrogen-bond acceptors (Lipinski definition) is 7. The summed E-state index contributed by atoms with van der Waals surface area (Å²) in [4.78, 5) is 15.7. The zero-order valence-corrected chi connectivity index (χ0v) is 19.1. The van der Waals surface area contributed by atoms with Crippen molar-refractivity contribution in [1.82, 2.24) is 30.7 Å². The first kappa shape index (κ1) is 22.7. The summed E-state index contributed by atoms with van der Waals surface area (Å²) < 4.78 is 10.9. The Bertz CT molecular complexity index is 843. The first-order valence-electron chi connectivity index (χ1n) is 11.7. The zero-order chi connectivity index (χ0) is 22.1. The minimum Gasteiger partial charge on any atom is -0.379 e. The molecule has 9 heteroatoms. The van der Waals surface area contributed by atoms with Crippen LogP contribution < -0.4 is 10.6 Å². The van der Waals surface area contributed by atoms with Crippen molar-refractivity contribution >= 4 is 5.96 Å². The lowest BCUT2D eigenvalue weighted by molar-refractivity contribution is 0.00820. The van der Waals surface area contributed by atoms with Crippen molar-refractivity contribution in [3.63, 3.8) is 0 Å². The van der Waals surface area contributed by atoms with Gasteiger partial charge in [0.1, 0.15) is 5.69 Å². The molecule has 0 unspecified atom stereocenters. The minimum absolute atomic E-state index is 0.304. The van der Waals surface area contributed by atoms with Crippen LogP contribution in [-0.2, 0) is 11.2 Å². The molecule has 0 aromatic carbocycles. The van der Waals surface area contributed by atoms with Crippen LogP contribution in [0.1, 0.15) is 37.9 Å². The second-order valence-electron chi connectivity index (χ2n) is 8.78. The van der Waals surface area contributed by atoms with E-state index < -0.39 is 0 Å². The summed E-state index contributed by atoms with van der Waals surface area (Å²) >= 11 is 0. The smallest absolute Gasteiger partial charge is 0.276 e. The summed E-state index contributed by atoms with van der Waals surface area (Å²) in [5.41, 5.74) is 0.994. The Morgan fingerprint density at radius 2 is 2.00 bits per heavy atom. The van der Waals surface area contributed by atoms with E-state index in [0.29, 0.717) is 35.8 Å². The van der Waals surface area contributed by atoms with Crippen molar-refractivity contribution in [2.24, 2.45) is 10.4 Å². The number of nitrogens with one attached hydrogen (secondary N) is 2. The quantitative estimate of drug-likeness (QED) is 0.475. The molecule has 4 rings (SSSR count). The molecular weight excluding hydrogens is 406 g/mol. The van der Waals surface area contributed by atoms with E-state index in [0.717, 1.165) is 45.4 Å². The van der Waals surface area contributed by atoms with Gasteiger partial charge in [0.2, 0.25) is 0 Å². The third-order valence-electron chi connectivity index (χ3n) is 6.42. The lowest BCUT2D eigenvalue weighted by atomic mass is 9.73. The van der Waals surface area contributed by atoms with Crippen LogP contribution in [0, 0.1) is 5.41 Å². The molecule has 0 bridgehead atoms. The lowest BCUT2D eigenvalue weighted by Gasteiger charge is -2.42. The van der Waals surface area contributed by atoms with E-state index in [2.05, 4.69) is 35.7 Å². The van der Waals surface area contributed by atoms with E-state index >= 15 is 0 Å². The van der Waals surface area contributed by atoms with Crippen LogP contribution in [-0.4, -0.2) is 79.0 Å². The summed E-state index contributed by atoms with van der Waals surface area (Å²) in [6.07, 6.45) is 8.89. The molecule has 1 saturated heterocycles. The number of aromatic nitrogens is 3. The molecule has 2 fully saturated rings. The molecule has 9 nitrogen and oxygen atoms in total. The Hall–Kier alpha value is -2.52. The fourth-order valence-electron chi connectivity index (χ4n) is 4.66. The van der Waals surface area contributed by atoms with Crippen LogP contribution in [0.2, 0.25) is 0 Å². The highest BCUT2D eigenvalue weighted by Crippen LogP contribution is 2.36. The minimum atomic E-state index is 0.304. The third kappa shape index (κ3) is 6.26. The Morgan fingerprint density at radius 1 is 1.16 bits per heavy atom. The van der Waals surface area contributed by atoms with E-state index in [4.69, 9.17) is 9.26 Å². The van der Waals surface area contributed by atoms with Crippen LogP contribution in [0.25, 0.3) is 11.6 Å². The molecule has 1 aliphatic heterocycles. The van der Waals surface area contributed by atoms with Gasteiger partial charge in [0, 0.05) is 57.8 Å². The number of nitrogens with zero attached hydrogens (tertiary/aromatic N) is 5. The molecule has 32 heavy (non-hydrogen) atoms. The van der Waals surface area contributed by atoms with Gasteiger partial charge in [0.25, 0.3) is 5.89 Å². The highest BCUT2D eigenvalue weighted by Gasteiger charge is 2.34. The third-order valence-corrected chi connectivity index (χ3v) is 6.42. The second kappa shape index (κ2) is 11.4. The Kier molecular flexibility index (Phi) is 8.06. The number of morpholine rings is 1. The van der Waals surface area contributed by atoms with Crippen molar-refractivity contribution in [2.75, 3.05) is 53.0 Å². The van der Waals surface area contributed by atoms with Crippen molar-refractivity contribution in [2.45, 2.75) is 38.5 Å². The van der Waals surface area contributed by atoms with Crippen LogP contribution in [0.5, 0.6) is 0 Å². The number of ether oxygens (including phenoxy) is 1. The van der Waals surface area contributed by atoms with E-state index in [1.54, 1.807) is 6.20 Å². The van der Waals surface area contributed by atoms with Crippen LogP contribution >= 0.6 is 0 Å². The monoisotopic (exact) mass is 441 g/mol. The van der Waals surface area contributed by atoms with E-state index in [1.165, 1.54) is 32.1 Å². The molecule has 174 valence electrons. The average Bonchev–Trinajstić information content (AvgIpc) is 3.32. The van der Waals surface area contributed by atoms with Crippen molar-refractivity contribution in [3.8, 4) is 11.6 Å². The molecular formula is C23H35N7O2. The van der Waals surface area contributed by atoms with E-state index in [9.17, 15) is 0 Å². The predicted octanol–water partition coefficient (Wildman–Crippen LogP) is 2.12. The molecule has 3 heterocycles. The molecule has 1 aliphatic carbocycles. The van der Waals surface area contributed by atoms with Crippen LogP contribution in [0.4, 0.5) is 0 Å². The maximum absolute atomic E-state index is 5.54. The number of aliphatic imine (C=N–C) groups is 1. The molecule has 0 radical (unpaired) electrons. The largest absolute Gasteiger partial charge is 0.379 e. The zero-order valence-electron chi connectivity index (χ0n) is 19.1. The predicted molar refractivity (Wildman–Crippen MR) is 123 cm³/mol. The summed E-state index contributed by atoms with van der Waals surface area (Å²) in [5, 5.41) is 11.1. The van der Waals surface area contributed by atoms with Crippen LogP contribution in [0.15, 0.2) is 33.9 Å². The van der Waals surface area contributed by atoms with Crippen LogP contribution in [0.3, 0.4) is 0 Å². The molecule has 2 aromatic rings. The number of rotatable bonds is 8. The van der Waals surface area contributed by atoms with Gasteiger partial charge in [-0.15, -0.1) is 0 Å². The van der Waals surface area contributed by atoms with Gasteiger partial charge in [0.05, 0.1) is 13.2 Å². The molecule has 0 amide bonds. The SMILES string of the molecule is CN=C(NCCc1noc(-c2ccccn2)n1)NCC1(CN2CCOCC2)CCCCC1. The molecule has 1 saturated carbocycles. The molecule has 2 aromatic heterocycles. The summed E-state index contributed by atoms with van der Waals surface area (Å²) in [5.74, 6) is 1.93. The van der Waals surface area contributed by atoms with Gasteiger partial charge in [-0.1, -0.05) is 30.5 Å². The standard InChI is InChI=1S/C23H35N7O2/c1-24-22(26-12-8-20-28-21(32-29-20)19-7-3-6-11-25-19)27-17-23(9-4-2-5-10-23)18-30-13-15-31-16-14-30/h3,6-7,11H,2,4-5,8-10,12-18H2,1H3,(H2,24,26,27). The Morgan fingerprint density at radius 3 is 2.75 bits per heavy atom. The Labute approximate surface area is 190 Å². The first-order chi connectivity index (χ1) is 15.8. The summed E-state index contributed by atoms with van der Waals surface area (Å²) in [6.45, 7) is 6.54. The topological polar surface area (TPSA) is 101 Å². The number of pyridine rings is 1. The first-order valence-corrected chi connectivity index (χ1v) is 11.7. The van der Waals surface area contributed by atoms with Crippen molar-refractivity contribution in [3.05, 3.63) is 30.2 Å². The van der Waals surface area contributed by atoms with Gasteiger partial charge in [-0.25, -0.2) is 0 Å². The second-order valence-corrected chi connectivity index (χ2v) is 8.78. The number of guanidine groups is 1. The molecule has 2 aliphatic rings. The highest BCUT2D eigenvalue weighted by atomic mass is 16.5. The summed E-state index contributed by atoms with van der Waals surface area (Å²) in [6, 6.07) is 5.63. The van der Waals surface area contributed by atoms with Gasteiger partial charge in [-0.2, -0.15) is 4.98 Å². The number of hydrogen-bond donors (Lipinski definition) is 2. The van der Waals surface area contributed by atoms with Gasteiger partial charge in [-0.05, 0) is 25.0 Å². The average molecular weight is 442 g/mol. The van der Waals surface area contributed by atoms with Crippen molar-refractivity contribution < 1.29 is 9.26 Å². The van der Waals surface area contributed by atoms with Gasteiger partial charge < -0.3 is 19.9 Å². The normalized spacial score (nSPS) is 19.6. The highest BCUT2D eigenvalue weighted by molar-refractivity contribution is 5.79. The molecule has 2 N–H and O–H groups in total. The molecule has 0 atom stereocenters. The fraction of sp³-hybridized carbons (Fsp3) is 0.652. The fourth-order valence-corrected chi connectivity index (χ4v) is 4.66. The van der Waals surface area contributed by atoms with E-state index in [-0.39, 0.29) is 0 Å². The van der Waals surface area contributed by atoms with Gasteiger partial charge >= 0.3 is 0 Å².